The van der Waals surface area contributed by atoms with Crippen molar-refractivity contribution in [3.63, 3.8) is 0 Å². The number of pyridine rings is 3. The minimum Gasteiger partial charge on any atom is -0.254 e. The molecule has 8 aromatic carbocycles. The Kier molecular flexibility index (Phi) is 6.50. The lowest BCUT2D eigenvalue weighted by Crippen LogP contribution is -1.94. The van der Waals surface area contributed by atoms with Crippen LogP contribution in [-0.2, 0) is 0 Å². The summed E-state index contributed by atoms with van der Waals surface area (Å²) in [4.78, 5) is 15.0. The van der Waals surface area contributed by atoms with Gasteiger partial charge in [0, 0.05) is 65.1 Å². The molecule has 0 radical (unpaired) electrons. The van der Waals surface area contributed by atoms with Crippen LogP contribution < -0.4 is 0 Å². The molecular formula is C51H29N3S. The van der Waals surface area contributed by atoms with Gasteiger partial charge in [-0.1, -0.05) is 127 Å². The summed E-state index contributed by atoms with van der Waals surface area (Å²) in [5.74, 6) is 0. The minimum absolute atomic E-state index is 0.920. The summed E-state index contributed by atoms with van der Waals surface area (Å²) in [5, 5.41) is 13.2. The van der Waals surface area contributed by atoms with Gasteiger partial charge in [0.2, 0.25) is 0 Å². The van der Waals surface area contributed by atoms with Crippen LogP contribution in [0.25, 0.3) is 119 Å². The van der Waals surface area contributed by atoms with Crippen LogP contribution in [0.4, 0.5) is 0 Å². The van der Waals surface area contributed by atoms with Crippen molar-refractivity contribution >= 4 is 96.5 Å². The van der Waals surface area contributed by atoms with Crippen LogP contribution in [0.5, 0.6) is 0 Å². The standard InChI is InChI=1S/C51H29N3S/c1-3-18-36-34(16-1)45(35-17-2-4-19-37(35)46(36)42-29-32-14-10-26-52-49(32)50-38(42)21-11-27-53-50)30-12-9-13-31(28-30)48-41-25-24-39-33-15-6-8-23-44(33)55-51(39)47(41)40-20-5-7-22-43(40)54-48/h1-29H. The van der Waals surface area contributed by atoms with Gasteiger partial charge in [-0.15, -0.1) is 11.3 Å². The van der Waals surface area contributed by atoms with Crippen molar-refractivity contribution < 1.29 is 0 Å². The monoisotopic (exact) mass is 715 g/mol. The zero-order chi connectivity index (χ0) is 36.0. The summed E-state index contributed by atoms with van der Waals surface area (Å²) in [6.07, 6.45) is 3.72. The van der Waals surface area contributed by atoms with Crippen molar-refractivity contribution in [2.24, 2.45) is 0 Å². The molecule has 4 heterocycles. The average molecular weight is 716 g/mol. The molecule has 55 heavy (non-hydrogen) atoms. The van der Waals surface area contributed by atoms with Gasteiger partial charge in [-0.05, 0) is 80.2 Å². The van der Waals surface area contributed by atoms with E-state index >= 15 is 0 Å². The third kappa shape index (κ3) is 4.46. The molecule has 0 atom stereocenters. The number of aromatic nitrogens is 3. The van der Waals surface area contributed by atoms with E-state index in [1.807, 2.05) is 35.9 Å². The van der Waals surface area contributed by atoms with Crippen molar-refractivity contribution in [3.05, 3.63) is 176 Å². The maximum Gasteiger partial charge on any atom is 0.0970 e. The maximum absolute atomic E-state index is 5.39. The van der Waals surface area contributed by atoms with Crippen molar-refractivity contribution in [2.75, 3.05) is 0 Å². The predicted octanol–water partition coefficient (Wildman–Crippen LogP) is 14.2. The summed E-state index contributed by atoms with van der Waals surface area (Å²) >= 11 is 1.88. The minimum atomic E-state index is 0.920. The fraction of sp³-hybridized carbons (Fsp3) is 0. The zero-order valence-corrected chi connectivity index (χ0v) is 30.3. The van der Waals surface area contributed by atoms with E-state index in [0.717, 1.165) is 49.7 Å². The molecule has 0 aliphatic carbocycles. The Bertz CT molecular complexity index is 3510. The van der Waals surface area contributed by atoms with Crippen LogP contribution in [-0.4, -0.2) is 15.0 Å². The normalized spacial score (nSPS) is 12.0. The highest BCUT2D eigenvalue weighted by Crippen LogP contribution is 2.48. The quantitative estimate of drug-likeness (QED) is 0.135. The van der Waals surface area contributed by atoms with E-state index in [0.29, 0.717) is 0 Å². The molecule has 0 saturated heterocycles. The van der Waals surface area contributed by atoms with Crippen molar-refractivity contribution in [1.82, 2.24) is 15.0 Å². The van der Waals surface area contributed by atoms with E-state index in [4.69, 9.17) is 15.0 Å². The van der Waals surface area contributed by atoms with E-state index in [1.54, 1.807) is 0 Å². The van der Waals surface area contributed by atoms with E-state index in [2.05, 4.69) is 152 Å². The molecule has 0 spiro atoms. The molecule has 0 unspecified atom stereocenters. The Hall–Kier alpha value is -7.01. The van der Waals surface area contributed by atoms with E-state index < -0.39 is 0 Å². The second kappa shape index (κ2) is 11.7. The number of benzene rings is 8. The topological polar surface area (TPSA) is 38.7 Å². The average Bonchev–Trinajstić information content (AvgIpc) is 3.64. The second-order valence-electron chi connectivity index (χ2n) is 14.3. The van der Waals surface area contributed by atoms with Crippen molar-refractivity contribution in [2.45, 2.75) is 0 Å². The molecule has 0 fully saturated rings. The molecule has 3 nitrogen and oxygen atoms in total. The van der Waals surface area contributed by atoms with E-state index in [9.17, 15) is 0 Å². The van der Waals surface area contributed by atoms with Gasteiger partial charge >= 0.3 is 0 Å². The first-order chi connectivity index (χ1) is 27.3. The second-order valence-corrected chi connectivity index (χ2v) is 15.3. The summed E-state index contributed by atoms with van der Waals surface area (Å²) in [6, 6.07) is 59.3. The number of para-hydroxylation sites is 1. The number of thiophene rings is 1. The first-order valence-corrected chi connectivity index (χ1v) is 19.4. The summed E-state index contributed by atoms with van der Waals surface area (Å²) in [5.41, 5.74) is 9.72. The Morgan fingerprint density at radius 3 is 1.82 bits per heavy atom. The van der Waals surface area contributed by atoms with E-state index in [-0.39, 0.29) is 0 Å². The van der Waals surface area contributed by atoms with Gasteiger partial charge in [0.1, 0.15) is 0 Å². The van der Waals surface area contributed by atoms with Gasteiger partial charge in [-0.3, -0.25) is 9.97 Å². The Morgan fingerprint density at radius 1 is 0.400 bits per heavy atom. The van der Waals surface area contributed by atoms with Gasteiger partial charge in [0.05, 0.1) is 22.2 Å². The van der Waals surface area contributed by atoms with Crippen molar-refractivity contribution in [3.8, 4) is 33.5 Å². The molecule has 4 aromatic heterocycles. The lowest BCUT2D eigenvalue weighted by atomic mass is 9.84. The zero-order valence-electron chi connectivity index (χ0n) is 29.5. The molecule has 4 heteroatoms. The first-order valence-electron chi connectivity index (χ1n) is 18.6. The predicted molar refractivity (Wildman–Crippen MR) is 234 cm³/mol. The SMILES string of the molecule is c1cc(-c2c3ccccc3c(-c3cc4cccnc4c4ncccc34)c3ccccc23)cc(-c2nc3ccccc3c3c2ccc2c4ccccc4sc23)c1. The molecule has 0 aliphatic heterocycles. The third-order valence-electron chi connectivity index (χ3n) is 11.3. The number of hydrogen-bond donors (Lipinski definition) is 0. The van der Waals surface area contributed by atoms with Crippen LogP contribution in [0, 0.1) is 0 Å². The van der Waals surface area contributed by atoms with Crippen LogP contribution in [0.2, 0.25) is 0 Å². The fourth-order valence-electron chi connectivity index (χ4n) is 8.97. The Labute approximate surface area is 319 Å². The summed E-state index contributed by atoms with van der Waals surface area (Å²) in [6.45, 7) is 0. The largest absolute Gasteiger partial charge is 0.254 e. The summed E-state index contributed by atoms with van der Waals surface area (Å²) < 4.78 is 2.62. The molecule has 0 aliphatic rings. The molecule has 0 saturated carbocycles. The number of hydrogen-bond acceptors (Lipinski definition) is 4. The Morgan fingerprint density at radius 2 is 1.02 bits per heavy atom. The first kappa shape index (κ1) is 30.5. The van der Waals surface area contributed by atoms with E-state index in [1.165, 1.54) is 69.0 Å². The van der Waals surface area contributed by atoms with Crippen LogP contribution in [0.1, 0.15) is 0 Å². The number of rotatable bonds is 3. The lowest BCUT2D eigenvalue weighted by molar-refractivity contribution is 1.37. The smallest absolute Gasteiger partial charge is 0.0970 e. The number of fused-ring (bicyclic) bond motifs is 12. The molecule has 254 valence electrons. The van der Waals surface area contributed by atoms with Gasteiger partial charge in [0.15, 0.2) is 0 Å². The lowest BCUT2D eigenvalue weighted by Gasteiger charge is -2.19. The molecule has 0 bridgehead atoms. The third-order valence-corrected chi connectivity index (χ3v) is 12.5. The molecule has 12 rings (SSSR count). The van der Waals surface area contributed by atoms with Crippen LogP contribution in [0.3, 0.4) is 0 Å². The van der Waals surface area contributed by atoms with Crippen molar-refractivity contribution in [1.29, 1.82) is 0 Å². The maximum atomic E-state index is 5.39. The molecule has 12 aromatic rings. The van der Waals surface area contributed by atoms with Crippen LogP contribution in [0.15, 0.2) is 176 Å². The number of nitrogens with zero attached hydrogens (tertiary/aromatic N) is 3. The van der Waals surface area contributed by atoms with Crippen LogP contribution >= 0.6 is 11.3 Å². The Balaban J connectivity index is 1.14. The fourth-order valence-corrected chi connectivity index (χ4v) is 10.2. The highest BCUT2D eigenvalue weighted by atomic mass is 32.1. The van der Waals surface area contributed by atoms with Gasteiger partial charge in [0.25, 0.3) is 0 Å². The molecule has 0 N–H and O–H groups in total. The highest BCUT2D eigenvalue weighted by molar-refractivity contribution is 7.26. The van der Waals surface area contributed by atoms with Gasteiger partial charge < -0.3 is 0 Å². The molecule has 0 amide bonds. The molecular weight excluding hydrogens is 687 g/mol. The highest BCUT2D eigenvalue weighted by Gasteiger charge is 2.21. The van der Waals surface area contributed by atoms with Gasteiger partial charge in [-0.25, -0.2) is 4.98 Å². The van der Waals surface area contributed by atoms with Gasteiger partial charge in [-0.2, -0.15) is 0 Å². The summed E-state index contributed by atoms with van der Waals surface area (Å²) in [7, 11) is 0.